The molecule has 2 aromatic heterocycles. The zero-order valence-corrected chi connectivity index (χ0v) is 22.5. The van der Waals surface area contributed by atoms with E-state index in [-0.39, 0.29) is 22.5 Å². The number of hydrogen-bond acceptors (Lipinski definition) is 7. The summed E-state index contributed by atoms with van der Waals surface area (Å²) < 4.78 is 71.0. The maximum atomic E-state index is 13.0. The summed E-state index contributed by atoms with van der Waals surface area (Å²) >= 11 is 7.28. The molecule has 7 nitrogen and oxygen atoms in total. The molecule has 0 radical (unpaired) electrons. The minimum absolute atomic E-state index is 0.0103. The van der Waals surface area contributed by atoms with E-state index < -0.39 is 32.6 Å². The van der Waals surface area contributed by atoms with Gasteiger partial charge in [-0.2, -0.15) is 0 Å². The second kappa shape index (κ2) is 10.1. The largest absolute Gasteiger partial charge is 0.573 e. The van der Waals surface area contributed by atoms with E-state index in [0.29, 0.717) is 15.8 Å². The van der Waals surface area contributed by atoms with Gasteiger partial charge in [0.25, 0.3) is 5.91 Å². The molecule has 2 heterocycles. The van der Waals surface area contributed by atoms with Gasteiger partial charge >= 0.3 is 6.36 Å². The van der Waals surface area contributed by atoms with E-state index in [1.807, 2.05) is 0 Å². The molecule has 0 saturated carbocycles. The third-order valence-corrected chi connectivity index (χ3v) is 9.05. The molecule has 0 saturated heterocycles. The number of carbonyl (C=O) groups excluding carboxylic acids is 1. The van der Waals surface area contributed by atoms with Crippen LogP contribution in [0.1, 0.15) is 29.1 Å². The van der Waals surface area contributed by atoms with E-state index in [0.717, 1.165) is 16.8 Å². The lowest BCUT2D eigenvalue weighted by Crippen LogP contribution is -2.27. The van der Waals surface area contributed by atoms with Gasteiger partial charge in [0.15, 0.2) is 9.84 Å². The molecule has 0 fully saturated rings. The third kappa shape index (κ3) is 6.37. The highest BCUT2D eigenvalue weighted by molar-refractivity contribution is 7.91. The average molecular weight is 585 g/mol. The van der Waals surface area contributed by atoms with Crippen molar-refractivity contribution in [1.82, 2.24) is 4.98 Å². The normalized spacial score (nSPS) is 12.4. The van der Waals surface area contributed by atoms with Gasteiger partial charge in [0.05, 0.1) is 9.62 Å². The van der Waals surface area contributed by atoms with Crippen molar-refractivity contribution in [2.45, 2.75) is 25.0 Å². The lowest BCUT2D eigenvalue weighted by molar-refractivity contribution is -0.274. The van der Waals surface area contributed by atoms with Gasteiger partial charge in [0.2, 0.25) is 5.88 Å². The number of sulfone groups is 1. The average Bonchev–Trinajstić information content (AvgIpc) is 3.21. The molecule has 1 N–H and O–H groups in total. The fraction of sp³-hybridized carbons (Fsp3) is 0.200. The topological polar surface area (TPSA) is 94.6 Å². The van der Waals surface area contributed by atoms with E-state index in [2.05, 4.69) is 15.0 Å². The van der Waals surface area contributed by atoms with Crippen LogP contribution in [0.5, 0.6) is 17.4 Å². The maximum absolute atomic E-state index is 13.0. The summed E-state index contributed by atoms with van der Waals surface area (Å²) in [5.41, 5.74) is 0.841. The molecule has 4 aromatic rings. The number of rotatable bonds is 7. The first kappa shape index (κ1) is 27.7. The van der Waals surface area contributed by atoms with Gasteiger partial charge in [-0.05, 0) is 61.2 Å². The summed E-state index contributed by atoms with van der Waals surface area (Å²) in [6.07, 6.45) is -3.68. The third-order valence-electron chi connectivity index (χ3n) is 5.65. The second-order valence-corrected chi connectivity index (χ2v) is 12.8. The number of pyridine rings is 1. The van der Waals surface area contributed by atoms with E-state index in [1.165, 1.54) is 41.9 Å². The van der Waals surface area contributed by atoms with Crippen LogP contribution in [0, 0.1) is 0 Å². The highest BCUT2D eigenvalue weighted by Gasteiger charge is 2.33. The number of halogens is 4. The van der Waals surface area contributed by atoms with Crippen molar-refractivity contribution >= 4 is 54.5 Å². The molecule has 0 aliphatic heterocycles. The second-order valence-electron chi connectivity index (χ2n) is 8.74. The quantitative estimate of drug-likeness (QED) is 0.231. The van der Waals surface area contributed by atoms with Crippen LogP contribution >= 0.6 is 22.9 Å². The first-order valence-electron chi connectivity index (χ1n) is 10.9. The van der Waals surface area contributed by atoms with Crippen molar-refractivity contribution in [1.29, 1.82) is 0 Å². The molecule has 0 atom stereocenters. The summed E-state index contributed by atoms with van der Waals surface area (Å²) in [5.74, 6) is -0.987. The van der Waals surface area contributed by atoms with Crippen molar-refractivity contribution < 1.29 is 35.9 Å². The molecule has 1 amide bonds. The van der Waals surface area contributed by atoms with Crippen LogP contribution in [0.25, 0.3) is 10.1 Å². The lowest BCUT2D eigenvalue weighted by atomic mass is 10.0. The molecule has 0 aliphatic carbocycles. The first-order valence-corrected chi connectivity index (χ1v) is 14.0. The number of benzene rings is 2. The first-order chi connectivity index (χ1) is 17.6. The molecule has 4 rings (SSSR count). The van der Waals surface area contributed by atoms with Crippen molar-refractivity contribution in [3.8, 4) is 17.4 Å². The predicted octanol–water partition coefficient (Wildman–Crippen LogP) is 7.17. The van der Waals surface area contributed by atoms with Gasteiger partial charge in [-0.1, -0.05) is 23.7 Å². The predicted molar refractivity (Wildman–Crippen MR) is 140 cm³/mol. The van der Waals surface area contributed by atoms with E-state index in [4.69, 9.17) is 16.3 Å². The summed E-state index contributed by atoms with van der Waals surface area (Å²) in [4.78, 5) is 17.3. The van der Waals surface area contributed by atoms with E-state index >= 15 is 0 Å². The van der Waals surface area contributed by atoms with Gasteiger partial charge in [0, 0.05) is 28.8 Å². The molecule has 38 heavy (non-hydrogen) atoms. The van der Waals surface area contributed by atoms with E-state index in [1.54, 1.807) is 38.1 Å². The zero-order chi connectivity index (χ0) is 27.9. The Bertz CT molecular complexity index is 1640. The Morgan fingerprint density at radius 2 is 1.74 bits per heavy atom. The number of ether oxygens (including phenoxy) is 2. The number of thiophene rings is 1. The fourth-order valence-electron chi connectivity index (χ4n) is 3.39. The number of anilines is 1. The highest BCUT2D eigenvalue weighted by Crippen LogP contribution is 2.35. The molecule has 0 unspecified atom stereocenters. The number of amides is 1. The molecule has 0 spiro atoms. The number of fused-ring (bicyclic) bond motifs is 1. The maximum Gasteiger partial charge on any atom is 0.573 e. The minimum Gasteiger partial charge on any atom is -0.439 e. The lowest BCUT2D eigenvalue weighted by Gasteiger charge is -2.23. The number of aromatic nitrogens is 1. The van der Waals surface area contributed by atoms with Crippen LogP contribution in [0.15, 0.2) is 60.7 Å². The fourth-order valence-corrected chi connectivity index (χ4v) is 5.08. The number of hydrogen-bond donors (Lipinski definition) is 1. The van der Waals surface area contributed by atoms with Crippen LogP contribution in [0.2, 0.25) is 5.15 Å². The molecule has 2 aromatic carbocycles. The summed E-state index contributed by atoms with van der Waals surface area (Å²) in [6, 6.07) is 14.5. The number of nitrogens with one attached hydrogen (secondary N) is 1. The molecular formula is C25H20ClF3N2O5S2. The number of alkyl halides is 3. The molecule has 200 valence electrons. The standard InChI is InChI=1S/C25H20ClF3N2O5S2/c1-24(2,38(3,33)34)15-7-8-19-14(9-15)10-20(37-19)23(32)30-16-11-21(26)31-22(12-16)35-17-5-4-6-18(13-17)36-25(27,28)29/h4-13H,1-3H3,(H,30,31,32). The van der Waals surface area contributed by atoms with Gasteiger partial charge in [-0.3, -0.25) is 4.79 Å². The smallest absolute Gasteiger partial charge is 0.439 e. The van der Waals surface area contributed by atoms with Crippen LogP contribution in [-0.4, -0.2) is 31.9 Å². The number of carbonyl (C=O) groups is 1. The van der Waals surface area contributed by atoms with Gasteiger partial charge < -0.3 is 14.8 Å². The number of nitrogens with zero attached hydrogens (tertiary/aromatic N) is 1. The monoisotopic (exact) mass is 584 g/mol. The van der Waals surface area contributed by atoms with E-state index in [9.17, 15) is 26.4 Å². The summed E-state index contributed by atoms with van der Waals surface area (Å²) in [6.45, 7) is 3.24. The van der Waals surface area contributed by atoms with Crippen molar-refractivity contribution in [3.05, 3.63) is 76.3 Å². The van der Waals surface area contributed by atoms with Crippen LogP contribution in [0.4, 0.5) is 18.9 Å². The minimum atomic E-state index is -4.86. The Kier molecular flexibility index (Phi) is 7.34. The SMILES string of the molecule is CC(C)(c1ccc2sc(C(=O)Nc3cc(Cl)nc(Oc4cccc(OC(F)(F)F)c4)c3)cc2c1)S(C)(=O)=O. The summed E-state index contributed by atoms with van der Waals surface area (Å²) in [7, 11) is -3.38. The van der Waals surface area contributed by atoms with Gasteiger partial charge in [-0.15, -0.1) is 24.5 Å². The van der Waals surface area contributed by atoms with Crippen LogP contribution in [0.3, 0.4) is 0 Å². The Hall–Kier alpha value is -3.35. The Morgan fingerprint density at radius 3 is 2.42 bits per heavy atom. The van der Waals surface area contributed by atoms with Crippen molar-refractivity contribution in [2.24, 2.45) is 0 Å². The van der Waals surface area contributed by atoms with Gasteiger partial charge in [-0.25, -0.2) is 13.4 Å². The van der Waals surface area contributed by atoms with Crippen molar-refractivity contribution in [2.75, 3.05) is 11.6 Å². The van der Waals surface area contributed by atoms with Gasteiger partial charge in [0.1, 0.15) is 16.7 Å². The van der Waals surface area contributed by atoms with Crippen LogP contribution < -0.4 is 14.8 Å². The molecule has 0 aliphatic rings. The molecular weight excluding hydrogens is 565 g/mol. The highest BCUT2D eigenvalue weighted by atomic mass is 35.5. The van der Waals surface area contributed by atoms with Crippen LogP contribution in [-0.2, 0) is 14.6 Å². The summed E-state index contributed by atoms with van der Waals surface area (Å²) in [5, 5.41) is 3.39. The Labute approximate surface area is 225 Å². The Balaban J connectivity index is 1.54. The molecule has 0 bridgehead atoms. The Morgan fingerprint density at radius 1 is 1.03 bits per heavy atom. The van der Waals surface area contributed by atoms with Crippen molar-refractivity contribution in [3.63, 3.8) is 0 Å². The zero-order valence-electron chi connectivity index (χ0n) is 20.1. The molecule has 13 heteroatoms.